The summed E-state index contributed by atoms with van der Waals surface area (Å²) in [5.74, 6) is -1.07. The smallest absolute Gasteiger partial charge is 0.268 e. The fraction of sp³-hybridized carbons (Fsp3) is 0.0588. The molecule has 0 aliphatic rings. The second-order valence-electron chi connectivity index (χ2n) is 5.10. The molecule has 0 amide bonds. The number of aromatic nitrogens is 1. The normalized spacial score (nSPS) is 11.5. The van der Waals surface area contributed by atoms with Crippen LogP contribution < -0.4 is 5.32 Å². The second kappa shape index (κ2) is 6.09. The Hall–Kier alpha value is -2.67. The fourth-order valence-electron chi connectivity index (χ4n) is 2.37. The Labute approximate surface area is 138 Å². The van der Waals surface area contributed by atoms with E-state index in [0.717, 1.165) is 16.1 Å². The Balaban J connectivity index is 2.23. The molecule has 1 aromatic heterocycles. The third-order valence-corrected chi connectivity index (χ3v) is 5.28. The molecule has 7 heteroatoms. The average Bonchev–Trinajstić information content (AvgIpc) is 3.01. The summed E-state index contributed by atoms with van der Waals surface area (Å²) in [6.45, 7) is 0. The first-order chi connectivity index (χ1) is 11.4. The molecule has 1 N–H and O–H groups in total. The molecule has 124 valence electrons. The standard InChI is InChI=1S/C17H14F2N2O2S/c1-20-13-10-17(15-4-2-3-5-16(15)19)21(11-13)24(22,23)14-8-6-12(18)7-9-14/h2-11,20H,1H3. The lowest BCUT2D eigenvalue weighted by Gasteiger charge is -2.11. The summed E-state index contributed by atoms with van der Waals surface area (Å²) in [4.78, 5) is -0.0836. The van der Waals surface area contributed by atoms with E-state index in [1.807, 2.05) is 0 Å². The van der Waals surface area contributed by atoms with Gasteiger partial charge in [0.25, 0.3) is 10.0 Å². The molecule has 2 aromatic carbocycles. The van der Waals surface area contributed by atoms with E-state index in [9.17, 15) is 17.2 Å². The van der Waals surface area contributed by atoms with Crippen LogP contribution in [0.25, 0.3) is 11.3 Å². The van der Waals surface area contributed by atoms with Gasteiger partial charge in [-0.25, -0.2) is 21.2 Å². The van der Waals surface area contributed by atoms with E-state index in [1.165, 1.54) is 36.5 Å². The molecular weight excluding hydrogens is 334 g/mol. The molecule has 0 fully saturated rings. The molecule has 0 aliphatic heterocycles. The first-order valence-corrected chi connectivity index (χ1v) is 8.53. The molecule has 0 unspecified atom stereocenters. The van der Waals surface area contributed by atoms with E-state index in [2.05, 4.69) is 5.32 Å². The first kappa shape index (κ1) is 16.2. The summed E-state index contributed by atoms with van der Waals surface area (Å²) >= 11 is 0. The van der Waals surface area contributed by atoms with E-state index in [-0.39, 0.29) is 16.2 Å². The number of anilines is 1. The Bertz CT molecular complexity index is 980. The zero-order valence-corrected chi connectivity index (χ0v) is 13.5. The van der Waals surface area contributed by atoms with Crippen LogP contribution in [0.3, 0.4) is 0 Å². The lowest BCUT2D eigenvalue weighted by atomic mass is 10.1. The summed E-state index contributed by atoms with van der Waals surface area (Å²) in [5.41, 5.74) is 0.852. The van der Waals surface area contributed by atoms with Gasteiger partial charge in [0.05, 0.1) is 16.3 Å². The van der Waals surface area contributed by atoms with Crippen molar-refractivity contribution in [1.29, 1.82) is 0 Å². The second-order valence-corrected chi connectivity index (χ2v) is 6.91. The molecule has 1 heterocycles. The van der Waals surface area contributed by atoms with Gasteiger partial charge < -0.3 is 5.32 Å². The molecule has 0 spiro atoms. The van der Waals surface area contributed by atoms with Gasteiger partial charge in [0.2, 0.25) is 0 Å². The number of hydrogen-bond acceptors (Lipinski definition) is 3. The summed E-state index contributed by atoms with van der Waals surface area (Å²) in [6, 6.07) is 11.9. The zero-order chi connectivity index (χ0) is 17.3. The van der Waals surface area contributed by atoms with E-state index in [0.29, 0.717) is 5.69 Å². The topological polar surface area (TPSA) is 51.1 Å². The number of halogens is 2. The molecule has 0 atom stereocenters. The minimum absolute atomic E-state index is 0.0836. The van der Waals surface area contributed by atoms with Crippen molar-refractivity contribution >= 4 is 15.7 Å². The summed E-state index contributed by atoms with van der Waals surface area (Å²) < 4.78 is 53.9. The van der Waals surface area contributed by atoms with Crippen LogP contribution in [0, 0.1) is 11.6 Å². The molecule has 0 saturated carbocycles. The van der Waals surface area contributed by atoms with Crippen LogP contribution in [0.5, 0.6) is 0 Å². The highest BCUT2D eigenvalue weighted by atomic mass is 32.2. The summed E-state index contributed by atoms with van der Waals surface area (Å²) in [5, 5.41) is 2.84. The van der Waals surface area contributed by atoms with Crippen molar-refractivity contribution in [3.8, 4) is 11.3 Å². The van der Waals surface area contributed by atoms with Crippen LogP contribution in [0.1, 0.15) is 0 Å². The lowest BCUT2D eigenvalue weighted by molar-refractivity contribution is 0.586. The lowest BCUT2D eigenvalue weighted by Crippen LogP contribution is -2.13. The van der Waals surface area contributed by atoms with Crippen LogP contribution in [-0.2, 0) is 10.0 Å². The van der Waals surface area contributed by atoms with Crippen LogP contribution in [0.4, 0.5) is 14.5 Å². The number of nitrogens with one attached hydrogen (secondary N) is 1. The van der Waals surface area contributed by atoms with Crippen LogP contribution >= 0.6 is 0 Å². The zero-order valence-electron chi connectivity index (χ0n) is 12.7. The maximum absolute atomic E-state index is 14.1. The minimum atomic E-state index is -4.00. The van der Waals surface area contributed by atoms with Gasteiger partial charge >= 0.3 is 0 Å². The third kappa shape index (κ3) is 2.78. The van der Waals surface area contributed by atoms with Crippen LogP contribution in [-0.4, -0.2) is 19.4 Å². The number of benzene rings is 2. The van der Waals surface area contributed by atoms with Gasteiger partial charge in [-0.3, -0.25) is 0 Å². The Kier molecular flexibility index (Phi) is 4.11. The van der Waals surface area contributed by atoms with Gasteiger partial charge in [-0.1, -0.05) is 12.1 Å². The van der Waals surface area contributed by atoms with Crippen molar-refractivity contribution in [2.24, 2.45) is 0 Å². The van der Waals surface area contributed by atoms with Crippen LogP contribution in [0.2, 0.25) is 0 Å². The van der Waals surface area contributed by atoms with Crippen molar-refractivity contribution < 1.29 is 17.2 Å². The van der Waals surface area contributed by atoms with Gasteiger partial charge in [0, 0.05) is 18.8 Å². The Morgan fingerprint density at radius 2 is 1.67 bits per heavy atom. The SMILES string of the molecule is CNc1cc(-c2ccccc2F)n(S(=O)(=O)c2ccc(F)cc2)c1. The van der Waals surface area contributed by atoms with E-state index < -0.39 is 21.7 Å². The molecule has 0 saturated heterocycles. The van der Waals surface area contributed by atoms with E-state index >= 15 is 0 Å². The molecule has 0 bridgehead atoms. The number of rotatable bonds is 4. The maximum Gasteiger partial charge on any atom is 0.268 e. The quantitative estimate of drug-likeness (QED) is 0.782. The highest BCUT2D eigenvalue weighted by molar-refractivity contribution is 7.90. The van der Waals surface area contributed by atoms with Gasteiger partial charge in [-0.15, -0.1) is 0 Å². The van der Waals surface area contributed by atoms with E-state index in [1.54, 1.807) is 19.2 Å². The van der Waals surface area contributed by atoms with Crippen molar-refractivity contribution in [3.05, 3.63) is 72.4 Å². The molecule has 3 rings (SSSR count). The summed E-state index contributed by atoms with van der Waals surface area (Å²) in [6.07, 6.45) is 1.36. The van der Waals surface area contributed by atoms with E-state index in [4.69, 9.17) is 0 Å². The largest absolute Gasteiger partial charge is 0.387 e. The molecule has 0 radical (unpaired) electrons. The summed E-state index contributed by atoms with van der Waals surface area (Å²) in [7, 11) is -2.36. The molecule has 0 aliphatic carbocycles. The van der Waals surface area contributed by atoms with Crippen molar-refractivity contribution in [2.45, 2.75) is 4.90 Å². The minimum Gasteiger partial charge on any atom is -0.387 e. The van der Waals surface area contributed by atoms with Gasteiger partial charge in [0.1, 0.15) is 11.6 Å². The van der Waals surface area contributed by atoms with Crippen molar-refractivity contribution in [1.82, 2.24) is 3.97 Å². The van der Waals surface area contributed by atoms with Gasteiger partial charge in [-0.2, -0.15) is 0 Å². The average molecular weight is 348 g/mol. The Morgan fingerprint density at radius 1 is 1.00 bits per heavy atom. The molecule has 24 heavy (non-hydrogen) atoms. The highest BCUT2D eigenvalue weighted by Crippen LogP contribution is 2.30. The van der Waals surface area contributed by atoms with Crippen molar-refractivity contribution in [3.63, 3.8) is 0 Å². The van der Waals surface area contributed by atoms with Gasteiger partial charge in [-0.05, 0) is 42.5 Å². The number of hydrogen-bond donors (Lipinski definition) is 1. The third-order valence-electron chi connectivity index (χ3n) is 3.59. The monoisotopic (exact) mass is 348 g/mol. The number of nitrogens with zero attached hydrogens (tertiary/aromatic N) is 1. The fourth-order valence-corrected chi connectivity index (χ4v) is 3.73. The first-order valence-electron chi connectivity index (χ1n) is 7.09. The highest BCUT2D eigenvalue weighted by Gasteiger charge is 2.23. The predicted molar refractivity (Wildman–Crippen MR) is 88.4 cm³/mol. The van der Waals surface area contributed by atoms with Gasteiger partial charge in [0.15, 0.2) is 0 Å². The molecular formula is C17H14F2N2O2S. The van der Waals surface area contributed by atoms with Crippen LogP contribution in [0.15, 0.2) is 65.7 Å². The predicted octanol–water partition coefficient (Wildman–Crippen LogP) is 3.71. The van der Waals surface area contributed by atoms with Crippen molar-refractivity contribution in [2.75, 3.05) is 12.4 Å². The molecule has 3 aromatic rings. The molecule has 4 nitrogen and oxygen atoms in total. The maximum atomic E-state index is 14.1. The Morgan fingerprint density at radius 3 is 2.29 bits per heavy atom.